The Kier molecular flexibility index (Phi) is 5.30. The van der Waals surface area contributed by atoms with E-state index in [0.717, 1.165) is 33.6 Å². The molecule has 2 atom stereocenters. The van der Waals surface area contributed by atoms with E-state index in [0.29, 0.717) is 13.2 Å². The largest absolute Gasteiger partial charge is 0.497 e. The molecule has 1 amide bonds. The number of likely N-dealkylation sites (N-methyl/N-ethyl adjacent to an activating group) is 1. The fraction of sp³-hybridized carbons (Fsp3) is 0.292. The van der Waals surface area contributed by atoms with Crippen LogP contribution in [0.1, 0.15) is 18.4 Å². The molecule has 0 unspecified atom stereocenters. The standard InChI is InChI=1S/C24H25NO4/c1-16(17-8-9-19-13-20(27-3)11-10-18(19)12-17)24(26)25(2)14-21-15-28-22-6-4-5-7-23(22)29-21/h4-13,16,21H,14-15H2,1-3H3/t16-,21+/m0/s1. The summed E-state index contributed by atoms with van der Waals surface area (Å²) in [5, 5.41) is 2.18. The van der Waals surface area contributed by atoms with Crippen LogP contribution in [0.4, 0.5) is 0 Å². The highest BCUT2D eigenvalue weighted by atomic mass is 16.6. The van der Waals surface area contributed by atoms with Crippen LogP contribution >= 0.6 is 0 Å². The zero-order chi connectivity index (χ0) is 20.4. The molecule has 0 fully saturated rings. The molecule has 1 heterocycles. The lowest BCUT2D eigenvalue weighted by Gasteiger charge is -2.30. The van der Waals surface area contributed by atoms with Crippen LogP contribution in [0.2, 0.25) is 0 Å². The van der Waals surface area contributed by atoms with E-state index in [1.807, 2.05) is 68.6 Å². The van der Waals surface area contributed by atoms with Crippen molar-refractivity contribution in [3.05, 3.63) is 66.2 Å². The molecular weight excluding hydrogens is 366 g/mol. The van der Waals surface area contributed by atoms with Crippen molar-refractivity contribution in [2.45, 2.75) is 18.9 Å². The SMILES string of the molecule is COc1ccc2cc([C@H](C)C(=O)N(C)C[C@@H]3COc4ccccc4O3)ccc2c1. The van der Waals surface area contributed by atoms with E-state index < -0.39 is 0 Å². The van der Waals surface area contributed by atoms with Crippen LogP contribution in [0.25, 0.3) is 10.8 Å². The predicted octanol–water partition coefficient (Wildman–Crippen LogP) is 4.25. The summed E-state index contributed by atoms with van der Waals surface area (Å²) >= 11 is 0. The van der Waals surface area contributed by atoms with Gasteiger partial charge in [0, 0.05) is 7.05 Å². The Bertz CT molecular complexity index is 1030. The third-order valence-corrected chi connectivity index (χ3v) is 5.36. The molecule has 0 aromatic heterocycles. The summed E-state index contributed by atoms with van der Waals surface area (Å²) in [6, 6.07) is 19.7. The highest BCUT2D eigenvalue weighted by Crippen LogP contribution is 2.31. The second-order valence-electron chi connectivity index (χ2n) is 7.41. The average molecular weight is 391 g/mol. The van der Waals surface area contributed by atoms with Gasteiger partial charge in [-0.15, -0.1) is 0 Å². The number of ether oxygens (including phenoxy) is 3. The van der Waals surface area contributed by atoms with Gasteiger partial charge in [-0.1, -0.05) is 36.4 Å². The van der Waals surface area contributed by atoms with E-state index in [4.69, 9.17) is 14.2 Å². The fourth-order valence-corrected chi connectivity index (χ4v) is 3.66. The van der Waals surface area contributed by atoms with E-state index in [2.05, 4.69) is 6.07 Å². The summed E-state index contributed by atoms with van der Waals surface area (Å²) in [7, 11) is 3.47. The fourth-order valence-electron chi connectivity index (χ4n) is 3.66. The normalized spacial score (nSPS) is 16.3. The summed E-state index contributed by atoms with van der Waals surface area (Å²) in [4.78, 5) is 14.7. The molecule has 4 rings (SSSR count). The minimum Gasteiger partial charge on any atom is -0.497 e. The molecule has 0 aliphatic carbocycles. The van der Waals surface area contributed by atoms with Crippen molar-refractivity contribution < 1.29 is 19.0 Å². The summed E-state index contributed by atoms with van der Waals surface area (Å²) < 4.78 is 17.0. The first-order valence-corrected chi connectivity index (χ1v) is 9.76. The lowest BCUT2D eigenvalue weighted by molar-refractivity contribution is -0.132. The molecule has 3 aromatic carbocycles. The van der Waals surface area contributed by atoms with Gasteiger partial charge in [0.2, 0.25) is 5.91 Å². The van der Waals surface area contributed by atoms with Crippen LogP contribution in [-0.4, -0.2) is 44.2 Å². The van der Waals surface area contributed by atoms with E-state index >= 15 is 0 Å². The van der Waals surface area contributed by atoms with Crippen LogP contribution in [0.15, 0.2) is 60.7 Å². The van der Waals surface area contributed by atoms with Gasteiger partial charge in [0.05, 0.1) is 19.6 Å². The minimum absolute atomic E-state index is 0.0559. The number of methoxy groups -OCH3 is 1. The highest BCUT2D eigenvalue weighted by molar-refractivity contribution is 5.88. The first-order chi connectivity index (χ1) is 14.0. The second-order valence-corrected chi connectivity index (χ2v) is 7.41. The molecule has 0 bridgehead atoms. The van der Waals surface area contributed by atoms with E-state index in [9.17, 15) is 4.79 Å². The molecule has 0 saturated heterocycles. The Morgan fingerprint density at radius 3 is 2.62 bits per heavy atom. The third kappa shape index (κ3) is 3.99. The highest BCUT2D eigenvalue weighted by Gasteiger charge is 2.26. The Hall–Kier alpha value is -3.21. The second kappa shape index (κ2) is 8.03. The van der Waals surface area contributed by atoms with Gasteiger partial charge >= 0.3 is 0 Å². The van der Waals surface area contributed by atoms with Crippen molar-refractivity contribution in [1.29, 1.82) is 0 Å². The van der Waals surface area contributed by atoms with Crippen LogP contribution < -0.4 is 14.2 Å². The topological polar surface area (TPSA) is 48.0 Å². The third-order valence-electron chi connectivity index (χ3n) is 5.36. The molecule has 29 heavy (non-hydrogen) atoms. The zero-order valence-corrected chi connectivity index (χ0v) is 16.9. The molecule has 0 N–H and O–H groups in total. The van der Waals surface area contributed by atoms with E-state index in [1.54, 1.807) is 12.0 Å². The molecule has 5 heteroatoms. The van der Waals surface area contributed by atoms with Crippen LogP contribution in [0, 0.1) is 0 Å². The predicted molar refractivity (Wildman–Crippen MR) is 113 cm³/mol. The van der Waals surface area contributed by atoms with Crippen molar-refractivity contribution in [2.24, 2.45) is 0 Å². The van der Waals surface area contributed by atoms with Crippen LogP contribution in [0.3, 0.4) is 0 Å². The van der Waals surface area contributed by atoms with Crippen molar-refractivity contribution in [3.63, 3.8) is 0 Å². The number of carbonyl (C=O) groups is 1. The molecule has 3 aromatic rings. The molecule has 150 valence electrons. The lowest BCUT2D eigenvalue weighted by Crippen LogP contribution is -2.43. The van der Waals surface area contributed by atoms with Gasteiger partial charge in [0.25, 0.3) is 0 Å². The number of hydrogen-bond acceptors (Lipinski definition) is 4. The molecular formula is C24H25NO4. The summed E-state index contributed by atoms with van der Waals surface area (Å²) in [5.41, 5.74) is 0.991. The molecule has 0 saturated carbocycles. The minimum atomic E-state index is -0.247. The Balaban J connectivity index is 1.44. The van der Waals surface area contributed by atoms with Crippen molar-refractivity contribution >= 4 is 16.7 Å². The summed E-state index contributed by atoms with van der Waals surface area (Å²) in [6.45, 7) is 2.85. The number of hydrogen-bond donors (Lipinski definition) is 0. The first-order valence-electron chi connectivity index (χ1n) is 9.76. The number of amides is 1. The average Bonchev–Trinajstić information content (AvgIpc) is 2.77. The van der Waals surface area contributed by atoms with Crippen molar-refractivity contribution in [1.82, 2.24) is 4.90 Å². The maximum Gasteiger partial charge on any atom is 0.229 e. The number of nitrogens with zero attached hydrogens (tertiary/aromatic N) is 1. The summed E-state index contributed by atoms with van der Waals surface area (Å²) in [5.74, 6) is 2.11. The lowest BCUT2D eigenvalue weighted by atomic mass is 9.96. The van der Waals surface area contributed by atoms with Gasteiger partial charge < -0.3 is 19.1 Å². The van der Waals surface area contributed by atoms with Crippen molar-refractivity contribution in [2.75, 3.05) is 27.3 Å². The molecule has 1 aliphatic rings. The van der Waals surface area contributed by atoms with Gasteiger partial charge in [-0.2, -0.15) is 0 Å². The van der Waals surface area contributed by atoms with Crippen LogP contribution in [-0.2, 0) is 4.79 Å². The maximum absolute atomic E-state index is 13.0. The number of rotatable bonds is 5. The molecule has 0 radical (unpaired) electrons. The smallest absolute Gasteiger partial charge is 0.229 e. The number of para-hydroxylation sites is 2. The van der Waals surface area contributed by atoms with Gasteiger partial charge in [-0.25, -0.2) is 0 Å². The van der Waals surface area contributed by atoms with Gasteiger partial charge in [-0.3, -0.25) is 4.79 Å². The van der Waals surface area contributed by atoms with E-state index in [-0.39, 0.29) is 17.9 Å². The quantitative estimate of drug-likeness (QED) is 0.652. The van der Waals surface area contributed by atoms with Crippen molar-refractivity contribution in [3.8, 4) is 17.2 Å². The monoisotopic (exact) mass is 391 g/mol. The van der Waals surface area contributed by atoms with Gasteiger partial charge in [0.1, 0.15) is 12.4 Å². The van der Waals surface area contributed by atoms with E-state index in [1.165, 1.54) is 0 Å². The Morgan fingerprint density at radius 1 is 1.10 bits per heavy atom. The van der Waals surface area contributed by atoms with Gasteiger partial charge in [-0.05, 0) is 47.5 Å². The maximum atomic E-state index is 13.0. The number of benzene rings is 3. The molecule has 1 aliphatic heterocycles. The van der Waals surface area contributed by atoms with Gasteiger partial charge in [0.15, 0.2) is 17.6 Å². The number of carbonyl (C=O) groups excluding carboxylic acids is 1. The van der Waals surface area contributed by atoms with Crippen LogP contribution in [0.5, 0.6) is 17.2 Å². The first kappa shape index (κ1) is 19.1. The Labute approximate surface area is 170 Å². The zero-order valence-electron chi connectivity index (χ0n) is 16.9. The molecule has 0 spiro atoms. The Morgan fingerprint density at radius 2 is 1.83 bits per heavy atom. The number of fused-ring (bicyclic) bond motifs is 2. The summed E-state index contributed by atoms with van der Waals surface area (Å²) in [6.07, 6.45) is -0.185. The molecule has 5 nitrogen and oxygen atoms in total.